The van der Waals surface area contributed by atoms with Gasteiger partial charge >= 0.3 is 0 Å². The number of amides is 6. The van der Waals surface area contributed by atoms with Crippen molar-refractivity contribution < 1.29 is 33.9 Å². The van der Waals surface area contributed by atoms with E-state index in [0.29, 0.717) is 72.4 Å². The van der Waals surface area contributed by atoms with Crippen molar-refractivity contribution in [3.05, 3.63) is 111 Å². The summed E-state index contributed by atoms with van der Waals surface area (Å²) in [5.74, 6) is -1.75. The average molecular weight is 936 g/mol. The Morgan fingerprint density at radius 3 is 2.49 bits per heavy atom. The summed E-state index contributed by atoms with van der Waals surface area (Å²) in [6.45, 7) is 8.86. The molecule has 1 aromatic carbocycles. The Balaban J connectivity index is 0.766. The molecule has 0 spiro atoms. The van der Waals surface area contributed by atoms with E-state index >= 15 is 0 Å². The molecule has 4 N–H and O–H groups in total. The van der Waals surface area contributed by atoms with Crippen LogP contribution in [0.15, 0.2) is 71.9 Å². The highest BCUT2D eigenvalue weighted by molar-refractivity contribution is 6.25. The fourth-order valence-corrected chi connectivity index (χ4v) is 10.7. The standard InChI is InChI=1S/C50H53N11O8/c1-28-25-57(42(64)13-15-51-35-7-5-6-33-43(35)49(69)61(46(33)66)37-9-11-41(63)55-45(37)65)16-17-58(28)31-8-10-40(53-24-31)54-36-20-30(26-56(4)47(36)67)32-12-14-52-44(34(32)27-62)60-19-18-59-38(48(60)68)21-29-22-50(2,3)23-39(29)59/h5-8,10,12,14,20-21,24,26,28,37,51,62H,9,11,13,15-19,22-23,25,27H2,1-4H3,(H,53,54)(H,55,63,65)/t28-,37?/m0/s1. The van der Waals surface area contributed by atoms with E-state index in [-0.39, 0.29) is 78.1 Å². The number of aliphatic hydroxyl groups is 1. The van der Waals surface area contributed by atoms with Gasteiger partial charge in [-0.3, -0.25) is 48.7 Å². The third kappa shape index (κ3) is 8.09. The molecule has 8 heterocycles. The number of carbonyl (C=O) groups excluding carboxylic acids is 6. The molecular formula is C50H53N11O8. The lowest BCUT2D eigenvalue weighted by molar-refractivity contribution is -0.136. The molecular weight excluding hydrogens is 883 g/mol. The summed E-state index contributed by atoms with van der Waals surface area (Å²) in [6.07, 6.45) is 7.10. The number of imide groups is 2. The van der Waals surface area contributed by atoms with E-state index in [1.165, 1.54) is 21.9 Å². The van der Waals surface area contributed by atoms with Gasteiger partial charge in [0.05, 0.1) is 29.6 Å². The van der Waals surface area contributed by atoms with E-state index in [1.54, 1.807) is 65.8 Å². The number of piperazine rings is 1. The summed E-state index contributed by atoms with van der Waals surface area (Å²) in [6, 6.07) is 12.9. The lowest BCUT2D eigenvalue weighted by Gasteiger charge is -2.41. The van der Waals surface area contributed by atoms with Gasteiger partial charge in [-0.05, 0) is 85.2 Å². The molecule has 0 saturated carbocycles. The van der Waals surface area contributed by atoms with Crippen LogP contribution in [-0.4, -0.2) is 114 Å². The number of benzene rings is 1. The summed E-state index contributed by atoms with van der Waals surface area (Å²) >= 11 is 0. The smallest absolute Gasteiger partial charge is 0.276 e. The summed E-state index contributed by atoms with van der Waals surface area (Å²) in [5.41, 5.74) is 6.51. The van der Waals surface area contributed by atoms with Gasteiger partial charge in [-0.25, -0.2) is 9.97 Å². The van der Waals surface area contributed by atoms with Crippen LogP contribution < -0.4 is 31.3 Å². The molecule has 4 aliphatic heterocycles. The number of piperidine rings is 1. The van der Waals surface area contributed by atoms with Crippen LogP contribution in [0.4, 0.5) is 28.7 Å². The minimum absolute atomic E-state index is 0.0246. The second kappa shape index (κ2) is 17.4. The average Bonchev–Trinajstić information content (AvgIpc) is 3.92. The lowest BCUT2D eigenvalue weighted by atomic mass is 9.90. The molecule has 2 saturated heterocycles. The Kier molecular flexibility index (Phi) is 11.4. The van der Waals surface area contributed by atoms with Crippen LogP contribution >= 0.6 is 0 Å². The molecule has 0 radical (unpaired) electrons. The topological polar surface area (TPSA) is 224 Å². The van der Waals surface area contributed by atoms with E-state index < -0.39 is 29.7 Å². The molecule has 0 bridgehead atoms. The number of aryl methyl sites for hydroxylation is 1. The first kappa shape index (κ1) is 45.1. The van der Waals surface area contributed by atoms with Crippen molar-refractivity contribution in [3.63, 3.8) is 0 Å². The number of pyridine rings is 3. The van der Waals surface area contributed by atoms with Gasteiger partial charge in [0.15, 0.2) is 0 Å². The van der Waals surface area contributed by atoms with Gasteiger partial charge < -0.3 is 34.7 Å². The molecule has 6 amide bonds. The van der Waals surface area contributed by atoms with Crippen molar-refractivity contribution in [2.24, 2.45) is 12.5 Å². The van der Waals surface area contributed by atoms with Crippen LogP contribution in [0, 0.1) is 5.41 Å². The van der Waals surface area contributed by atoms with E-state index in [4.69, 9.17) is 0 Å². The maximum atomic E-state index is 14.0. The number of anilines is 5. The molecule has 69 heavy (non-hydrogen) atoms. The quantitative estimate of drug-likeness (QED) is 0.139. The summed E-state index contributed by atoms with van der Waals surface area (Å²) < 4.78 is 3.60. The molecule has 2 fully saturated rings. The number of nitrogens with one attached hydrogen (secondary N) is 3. The maximum Gasteiger partial charge on any atom is 0.276 e. The van der Waals surface area contributed by atoms with Crippen LogP contribution in [0.5, 0.6) is 0 Å². The molecule has 10 rings (SSSR count). The van der Waals surface area contributed by atoms with Crippen molar-refractivity contribution in [2.45, 2.75) is 78.1 Å². The first-order chi connectivity index (χ1) is 33.1. The van der Waals surface area contributed by atoms with Crippen LogP contribution in [0.25, 0.3) is 11.1 Å². The number of hydrogen-bond acceptors (Lipinski definition) is 13. The third-order valence-corrected chi connectivity index (χ3v) is 14.0. The van der Waals surface area contributed by atoms with Crippen molar-refractivity contribution in [1.82, 2.24) is 34.2 Å². The van der Waals surface area contributed by atoms with E-state index in [1.807, 2.05) is 19.1 Å². The van der Waals surface area contributed by atoms with Gasteiger partial charge in [0.1, 0.15) is 29.1 Å². The van der Waals surface area contributed by atoms with Crippen molar-refractivity contribution >= 4 is 64.1 Å². The SMILES string of the molecule is C[C@H]1CN(C(=O)CCNc2cccc3c2C(=O)N(C2CCC(=O)NC2=O)C3=O)CCN1c1ccc(Nc2cc(-c3ccnc(N4CCn5c(cc6c5CC(C)(C)C6)C4=O)c3CO)cn(C)c2=O)nc1. The van der Waals surface area contributed by atoms with Crippen molar-refractivity contribution in [3.8, 4) is 11.1 Å². The van der Waals surface area contributed by atoms with Gasteiger partial charge in [-0.15, -0.1) is 0 Å². The number of nitrogens with zero attached hydrogens (tertiary/aromatic N) is 8. The molecule has 356 valence electrons. The molecule has 1 aliphatic carbocycles. The predicted molar refractivity (Wildman–Crippen MR) is 255 cm³/mol. The molecule has 19 nitrogen and oxygen atoms in total. The zero-order chi connectivity index (χ0) is 48.5. The zero-order valence-corrected chi connectivity index (χ0v) is 38.9. The summed E-state index contributed by atoms with van der Waals surface area (Å²) in [4.78, 5) is 108. The van der Waals surface area contributed by atoms with Crippen molar-refractivity contribution in [2.75, 3.05) is 53.2 Å². The van der Waals surface area contributed by atoms with E-state index in [2.05, 4.69) is 49.2 Å². The lowest BCUT2D eigenvalue weighted by Crippen LogP contribution is -2.54. The number of rotatable bonds is 11. The molecule has 1 unspecified atom stereocenters. The van der Waals surface area contributed by atoms with Gasteiger partial charge in [0, 0.05) is 100 Å². The molecule has 4 aromatic heterocycles. The highest BCUT2D eigenvalue weighted by Gasteiger charge is 2.46. The number of fused-ring (bicyclic) bond motifs is 4. The number of aromatic nitrogens is 4. The molecule has 5 aromatic rings. The molecule has 19 heteroatoms. The van der Waals surface area contributed by atoms with Crippen LogP contribution in [-0.2, 0) is 47.4 Å². The van der Waals surface area contributed by atoms with Gasteiger partial charge in [0.25, 0.3) is 23.3 Å². The third-order valence-electron chi connectivity index (χ3n) is 14.0. The predicted octanol–water partition coefficient (Wildman–Crippen LogP) is 3.61. The Morgan fingerprint density at radius 2 is 1.74 bits per heavy atom. The number of hydrogen-bond donors (Lipinski definition) is 4. The first-order valence-electron chi connectivity index (χ1n) is 23.3. The Bertz CT molecular complexity index is 3050. The van der Waals surface area contributed by atoms with Crippen LogP contribution in [0.2, 0.25) is 0 Å². The van der Waals surface area contributed by atoms with Crippen LogP contribution in [0.1, 0.15) is 88.1 Å². The summed E-state index contributed by atoms with van der Waals surface area (Å²) in [5, 5.41) is 19.3. The second-order valence-corrected chi connectivity index (χ2v) is 19.3. The highest BCUT2D eigenvalue weighted by Crippen LogP contribution is 2.40. The largest absolute Gasteiger partial charge is 0.392 e. The Morgan fingerprint density at radius 1 is 0.913 bits per heavy atom. The van der Waals surface area contributed by atoms with Crippen LogP contribution in [0.3, 0.4) is 0 Å². The normalized spacial score (nSPS) is 19.7. The fraction of sp³-hybridized carbons (Fsp3) is 0.380. The Labute approximate surface area is 397 Å². The highest BCUT2D eigenvalue weighted by atomic mass is 16.3. The molecule has 2 atom stereocenters. The van der Waals surface area contributed by atoms with Gasteiger partial charge in [-0.2, -0.15) is 0 Å². The van der Waals surface area contributed by atoms with E-state index in [9.17, 15) is 38.7 Å². The number of carbonyl (C=O) groups is 6. The van der Waals surface area contributed by atoms with Gasteiger partial charge in [0.2, 0.25) is 17.7 Å². The second-order valence-electron chi connectivity index (χ2n) is 19.3. The zero-order valence-electron chi connectivity index (χ0n) is 38.9. The fourth-order valence-electron chi connectivity index (χ4n) is 10.7. The maximum absolute atomic E-state index is 14.0. The first-order valence-corrected chi connectivity index (χ1v) is 23.3. The number of aliphatic hydroxyl groups excluding tert-OH is 1. The monoisotopic (exact) mass is 935 g/mol. The minimum atomic E-state index is -1.07. The van der Waals surface area contributed by atoms with Gasteiger partial charge in [-0.1, -0.05) is 19.9 Å². The Hall–Kier alpha value is -7.67. The molecule has 5 aliphatic rings. The minimum Gasteiger partial charge on any atom is -0.392 e. The van der Waals surface area contributed by atoms with E-state index in [0.717, 1.165) is 23.4 Å². The summed E-state index contributed by atoms with van der Waals surface area (Å²) in [7, 11) is 1.65. The van der Waals surface area contributed by atoms with Crippen molar-refractivity contribution in [1.29, 1.82) is 0 Å².